The lowest BCUT2D eigenvalue weighted by Gasteiger charge is -2.26. The third-order valence-electron chi connectivity index (χ3n) is 6.41. The normalized spacial score (nSPS) is 14.2. The van der Waals surface area contributed by atoms with Crippen LogP contribution in [-0.4, -0.2) is 79.5 Å². The molecular formula is C28H35N5O7S. The summed E-state index contributed by atoms with van der Waals surface area (Å²) in [6, 6.07) is 13.1. The van der Waals surface area contributed by atoms with Gasteiger partial charge in [-0.3, -0.25) is 9.69 Å². The van der Waals surface area contributed by atoms with Crippen molar-refractivity contribution in [3.05, 3.63) is 59.8 Å². The molecule has 1 aliphatic heterocycles. The van der Waals surface area contributed by atoms with E-state index in [-0.39, 0.29) is 58.3 Å². The fraction of sp³-hybridized carbons (Fsp3) is 0.393. The maximum absolute atomic E-state index is 13.6. The number of carboxylic acid groups (broad SMARTS) is 1. The van der Waals surface area contributed by atoms with Gasteiger partial charge in [0.1, 0.15) is 10.6 Å². The van der Waals surface area contributed by atoms with Gasteiger partial charge in [0.15, 0.2) is 5.69 Å². The van der Waals surface area contributed by atoms with Crippen LogP contribution in [0.25, 0.3) is 5.69 Å². The Bertz CT molecular complexity index is 1480. The van der Waals surface area contributed by atoms with Crippen molar-refractivity contribution in [2.75, 3.05) is 44.7 Å². The number of carbonyl (C=O) groups is 2. The minimum atomic E-state index is -4.12. The molecule has 12 nitrogen and oxygen atoms in total. The minimum Gasteiger partial charge on any atom is -0.476 e. The van der Waals surface area contributed by atoms with E-state index in [1.54, 1.807) is 37.3 Å². The van der Waals surface area contributed by atoms with Crippen molar-refractivity contribution in [2.45, 2.75) is 32.1 Å². The number of carboxylic acids is 1. The number of nitrogens with zero attached hydrogens (tertiary/aromatic N) is 3. The number of benzene rings is 2. The molecule has 2 heterocycles. The fourth-order valence-corrected chi connectivity index (χ4v) is 5.53. The van der Waals surface area contributed by atoms with Crippen LogP contribution in [0.4, 0.5) is 5.69 Å². The molecule has 1 aromatic heterocycles. The summed E-state index contributed by atoms with van der Waals surface area (Å²) in [6.07, 6.45) is 0.269. The van der Waals surface area contributed by atoms with Crippen LogP contribution >= 0.6 is 0 Å². The molecule has 0 aliphatic carbocycles. The van der Waals surface area contributed by atoms with Gasteiger partial charge in [0.25, 0.3) is 0 Å². The van der Waals surface area contributed by atoms with Crippen LogP contribution in [0, 0.1) is 12.8 Å². The molecule has 3 aromatic rings. The van der Waals surface area contributed by atoms with Crippen molar-refractivity contribution < 1.29 is 32.6 Å². The SMILES string of the molecule is Cc1c(C(=O)O)nn(-c2ccccc2)c1Oc1ccc(NC(=O)CC(C)C)cc1S(=O)(=O)NCCN1CCOCC1. The summed E-state index contributed by atoms with van der Waals surface area (Å²) in [5, 5.41) is 16.7. The van der Waals surface area contributed by atoms with Crippen molar-refractivity contribution in [1.29, 1.82) is 0 Å². The number of aromatic nitrogens is 2. The number of para-hydroxylation sites is 1. The Morgan fingerprint density at radius 3 is 2.49 bits per heavy atom. The average Bonchev–Trinajstić information content (AvgIpc) is 3.26. The lowest BCUT2D eigenvalue weighted by Crippen LogP contribution is -2.41. The quantitative estimate of drug-likeness (QED) is 0.291. The smallest absolute Gasteiger partial charge is 0.356 e. The fourth-order valence-electron chi connectivity index (χ4n) is 4.36. The zero-order valence-electron chi connectivity index (χ0n) is 23.3. The van der Waals surface area contributed by atoms with Gasteiger partial charge in [0, 0.05) is 43.9 Å². The van der Waals surface area contributed by atoms with E-state index in [0.29, 0.717) is 38.5 Å². The number of rotatable bonds is 12. The van der Waals surface area contributed by atoms with Gasteiger partial charge in [-0.15, -0.1) is 0 Å². The maximum atomic E-state index is 13.6. The van der Waals surface area contributed by atoms with Gasteiger partial charge in [0.2, 0.25) is 21.8 Å². The highest BCUT2D eigenvalue weighted by Gasteiger charge is 2.27. The predicted octanol–water partition coefficient (Wildman–Crippen LogP) is 3.27. The second-order valence-electron chi connectivity index (χ2n) is 10.1. The van der Waals surface area contributed by atoms with Crippen molar-refractivity contribution in [3.8, 4) is 17.3 Å². The first-order valence-electron chi connectivity index (χ1n) is 13.3. The third-order valence-corrected chi connectivity index (χ3v) is 7.90. The molecular weight excluding hydrogens is 550 g/mol. The van der Waals surface area contributed by atoms with Crippen LogP contribution < -0.4 is 14.8 Å². The van der Waals surface area contributed by atoms with E-state index >= 15 is 0 Å². The maximum Gasteiger partial charge on any atom is 0.356 e. The van der Waals surface area contributed by atoms with Crippen molar-refractivity contribution in [1.82, 2.24) is 19.4 Å². The number of ether oxygens (including phenoxy) is 2. The molecule has 1 saturated heterocycles. The van der Waals surface area contributed by atoms with Crippen LogP contribution in [0.1, 0.15) is 36.3 Å². The Balaban J connectivity index is 1.70. The number of carbonyl (C=O) groups excluding carboxylic acids is 1. The predicted molar refractivity (Wildman–Crippen MR) is 152 cm³/mol. The summed E-state index contributed by atoms with van der Waals surface area (Å²) in [5.41, 5.74) is 0.813. The van der Waals surface area contributed by atoms with E-state index < -0.39 is 16.0 Å². The van der Waals surface area contributed by atoms with E-state index in [9.17, 15) is 23.1 Å². The number of sulfonamides is 1. The van der Waals surface area contributed by atoms with E-state index in [4.69, 9.17) is 9.47 Å². The number of aromatic carboxylic acids is 1. The highest BCUT2D eigenvalue weighted by molar-refractivity contribution is 7.89. The van der Waals surface area contributed by atoms with Gasteiger partial charge in [-0.2, -0.15) is 9.78 Å². The number of nitrogens with one attached hydrogen (secondary N) is 2. The second-order valence-corrected chi connectivity index (χ2v) is 11.8. The monoisotopic (exact) mass is 585 g/mol. The number of anilines is 1. The molecule has 1 fully saturated rings. The third kappa shape index (κ3) is 7.70. The highest BCUT2D eigenvalue weighted by Crippen LogP contribution is 2.35. The number of hydrogen-bond donors (Lipinski definition) is 3. The van der Waals surface area contributed by atoms with Crippen LogP contribution in [0.5, 0.6) is 11.6 Å². The van der Waals surface area contributed by atoms with Gasteiger partial charge >= 0.3 is 5.97 Å². The van der Waals surface area contributed by atoms with Crippen LogP contribution in [-0.2, 0) is 19.6 Å². The lowest BCUT2D eigenvalue weighted by molar-refractivity contribution is -0.116. The van der Waals surface area contributed by atoms with Crippen LogP contribution in [0.15, 0.2) is 53.4 Å². The van der Waals surface area contributed by atoms with Gasteiger partial charge in [-0.1, -0.05) is 32.0 Å². The molecule has 0 unspecified atom stereocenters. The molecule has 13 heteroatoms. The molecule has 1 amide bonds. The Morgan fingerprint density at radius 2 is 1.83 bits per heavy atom. The van der Waals surface area contributed by atoms with Crippen molar-refractivity contribution in [2.24, 2.45) is 5.92 Å². The molecule has 220 valence electrons. The molecule has 1 aliphatic rings. The zero-order chi connectivity index (χ0) is 29.6. The van der Waals surface area contributed by atoms with Crippen LogP contribution in [0.2, 0.25) is 0 Å². The Morgan fingerprint density at radius 1 is 1.12 bits per heavy atom. The Hall–Kier alpha value is -3.78. The van der Waals surface area contributed by atoms with Crippen molar-refractivity contribution in [3.63, 3.8) is 0 Å². The van der Waals surface area contributed by atoms with E-state index in [0.717, 1.165) is 0 Å². The summed E-state index contributed by atoms with van der Waals surface area (Å²) in [6.45, 7) is 8.61. The van der Waals surface area contributed by atoms with Crippen molar-refractivity contribution >= 4 is 27.6 Å². The molecule has 0 radical (unpaired) electrons. The number of amides is 1. The van der Waals surface area contributed by atoms with E-state index in [2.05, 4.69) is 20.0 Å². The summed E-state index contributed by atoms with van der Waals surface area (Å²) >= 11 is 0. The molecule has 0 atom stereocenters. The molecule has 41 heavy (non-hydrogen) atoms. The molecule has 0 spiro atoms. The largest absolute Gasteiger partial charge is 0.476 e. The molecule has 2 aromatic carbocycles. The highest BCUT2D eigenvalue weighted by atomic mass is 32.2. The van der Waals surface area contributed by atoms with Gasteiger partial charge in [0.05, 0.1) is 18.9 Å². The standard InChI is InChI=1S/C28H35N5O7S/c1-19(2)17-25(34)30-21-9-10-23(24(18-21)41(37,38)29-11-12-32-13-15-39-16-14-32)40-27-20(3)26(28(35)36)31-33(27)22-7-5-4-6-8-22/h4-10,18-19,29H,11-17H2,1-3H3,(H,30,34)(H,35,36). The van der Waals surface area contributed by atoms with Gasteiger partial charge in [-0.25, -0.2) is 17.9 Å². The summed E-state index contributed by atoms with van der Waals surface area (Å²) < 4.78 is 42.6. The topological polar surface area (TPSA) is 152 Å². The summed E-state index contributed by atoms with van der Waals surface area (Å²) in [4.78, 5) is 26.2. The minimum absolute atomic E-state index is 0.0509. The number of morpholine rings is 1. The molecule has 0 saturated carbocycles. The second kappa shape index (κ2) is 13.3. The molecule has 4 rings (SSSR count). The van der Waals surface area contributed by atoms with Gasteiger partial charge in [-0.05, 0) is 43.2 Å². The molecule has 0 bridgehead atoms. The lowest BCUT2D eigenvalue weighted by atomic mass is 10.1. The van der Waals surface area contributed by atoms with Crippen LogP contribution in [0.3, 0.4) is 0 Å². The van der Waals surface area contributed by atoms with E-state index in [1.165, 1.54) is 22.9 Å². The summed E-state index contributed by atoms with van der Waals surface area (Å²) in [5.74, 6) is -1.38. The number of hydrogen-bond acceptors (Lipinski definition) is 8. The molecule has 3 N–H and O–H groups in total. The Kier molecular flexibility index (Phi) is 9.76. The first kappa shape index (κ1) is 30.2. The van der Waals surface area contributed by atoms with Gasteiger partial charge < -0.3 is 19.9 Å². The summed E-state index contributed by atoms with van der Waals surface area (Å²) in [7, 11) is -4.12. The average molecular weight is 586 g/mol. The van der Waals surface area contributed by atoms with E-state index in [1.807, 2.05) is 13.8 Å². The first-order chi connectivity index (χ1) is 19.5. The zero-order valence-corrected chi connectivity index (χ0v) is 24.1. The first-order valence-corrected chi connectivity index (χ1v) is 14.8. The Labute approximate surface area is 239 Å².